The quantitative estimate of drug-likeness (QED) is 0.328. The average Bonchev–Trinajstić information content (AvgIpc) is 3.13. The van der Waals surface area contributed by atoms with Crippen LogP contribution < -0.4 is 14.5 Å². The number of hydrogen-bond acceptors (Lipinski definition) is 5. The Kier molecular flexibility index (Phi) is 7.23. The molecule has 11 heteroatoms. The maximum absolute atomic E-state index is 13.6. The highest BCUT2D eigenvalue weighted by Gasteiger charge is 2.29. The van der Waals surface area contributed by atoms with E-state index in [9.17, 15) is 18.0 Å². The number of sulfonamides is 1. The number of rotatable bonds is 7. The van der Waals surface area contributed by atoms with Crippen LogP contribution in [0.2, 0.25) is 10.0 Å². The van der Waals surface area contributed by atoms with Gasteiger partial charge in [0.1, 0.15) is 6.54 Å². The Morgan fingerprint density at radius 2 is 1.80 bits per heavy atom. The van der Waals surface area contributed by atoms with Crippen LogP contribution in [0.1, 0.15) is 12.5 Å². The molecular formula is C24H21Cl2N3O4S2. The molecule has 1 amide bonds. The number of aryl methyl sites for hydroxylation is 2. The van der Waals surface area contributed by atoms with E-state index in [4.69, 9.17) is 23.2 Å². The molecule has 7 nitrogen and oxygen atoms in total. The zero-order chi connectivity index (χ0) is 25.3. The van der Waals surface area contributed by atoms with Gasteiger partial charge in [0.25, 0.3) is 10.0 Å². The highest BCUT2D eigenvalue weighted by atomic mass is 35.5. The third-order valence-corrected chi connectivity index (χ3v) is 8.89. The molecule has 0 saturated carbocycles. The molecule has 4 rings (SSSR count). The Hall–Kier alpha value is -2.85. The lowest BCUT2D eigenvalue weighted by atomic mass is 10.2. The first-order valence-corrected chi connectivity index (χ1v) is 13.6. The largest absolute Gasteiger partial charge is 0.324 e. The molecule has 182 valence electrons. The van der Waals surface area contributed by atoms with Crippen LogP contribution in [0, 0.1) is 6.92 Å². The summed E-state index contributed by atoms with van der Waals surface area (Å²) in [4.78, 5) is 25.1. The molecule has 1 aromatic heterocycles. The van der Waals surface area contributed by atoms with Crippen molar-refractivity contribution in [1.82, 2.24) is 4.57 Å². The van der Waals surface area contributed by atoms with Gasteiger partial charge >= 0.3 is 4.87 Å². The zero-order valence-corrected chi connectivity index (χ0v) is 21.9. The van der Waals surface area contributed by atoms with E-state index in [0.29, 0.717) is 12.2 Å². The van der Waals surface area contributed by atoms with Gasteiger partial charge in [-0.15, -0.1) is 0 Å². The van der Waals surface area contributed by atoms with Gasteiger partial charge in [-0.05, 0) is 56.3 Å². The highest BCUT2D eigenvalue weighted by Crippen LogP contribution is 2.35. The molecule has 0 radical (unpaired) electrons. The molecule has 0 aliphatic heterocycles. The van der Waals surface area contributed by atoms with Gasteiger partial charge in [0.05, 0.1) is 30.8 Å². The summed E-state index contributed by atoms with van der Waals surface area (Å²) in [7, 11) is -4.15. The maximum Gasteiger partial charge on any atom is 0.308 e. The number of hydrogen-bond donors (Lipinski definition) is 1. The standard InChI is InChI=1S/C24H21Cl2N3O4S2/c1-3-28-19-12-9-16(13-21(19)34-24(28)31)27-22(30)14-29(20-6-4-5-18(25)23(20)26)35(32,33)17-10-7-15(2)8-11-17/h4-13H,3,14H2,1-2H3,(H,27,30). The fraction of sp³-hybridized carbons (Fsp3) is 0.167. The fourth-order valence-corrected chi connectivity index (χ4v) is 6.47. The highest BCUT2D eigenvalue weighted by molar-refractivity contribution is 7.92. The second kappa shape index (κ2) is 10.0. The molecular weight excluding hydrogens is 529 g/mol. The van der Waals surface area contributed by atoms with Crippen LogP contribution in [-0.4, -0.2) is 25.4 Å². The van der Waals surface area contributed by atoms with Gasteiger partial charge in [0, 0.05) is 12.2 Å². The van der Waals surface area contributed by atoms with Gasteiger partial charge in [-0.1, -0.05) is 58.3 Å². The number of fused-ring (bicyclic) bond motifs is 1. The Bertz CT molecular complexity index is 1580. The summed E-state index contributed by atoms with van der Waals surface area (Å²) in [6.45, 7) is 3.72. The number of anilines is 2. The van der Waals surface area contributed by atoms with E-state index < -0.39 is 22.5 Å². The predicted molar refractivity (Wildman–Crippen MR) is 143 cm³/mol. The number of nitrogens with one attached hydrogen (secondary N) is 1. The van der Waals surface area contributed by atoms with Crippen molar-refractivity contribution in [3.05, 3.63) is 85.9 Å². The van der Waals surface area contributed by atoms with Gasteiger partial charge in [-0.2, -0.15) is 0 Å². The third kappa shape index (κ3) is 5.08. The lowest BCUT2D eigenvalue weighted by molar-refractivity contribution is -0.114. The summed E-state index contributed by atoms with van der Waals surface area (Å²) >= 11 is 13.6. The molecule has 0 saturated heterocycles. The molecule has 1 heterocycles. The van der Waals surface area contributed by atoms with Crippen molar-refractivity contribution in [2.24, 2.45) is 0 Å². The van der Waals surface area contributed by atoms with Crippen LogP contribution in [0.4, 0.5) is 11.4 Å². The second-order valence-electron chi connectivity index (χ2n) is 7.74. The minimum Gasteiger partial charge on any atom is -0.324 e. The molecule has 35 heavy (non-hydrogen) atoms. The Morgan fingerprint density at radius 1 is 1.09 bits per heavy atom. The van der Waals surface area contributed by atoms with Crippen molar-refractivity contribution in [2.45, 2.75) is 25.3 Å². The summed E-state index contributed by atoms with van der Waals surface area (Å²) in [6.07, 6.45) is 0. The smallest absolute Gasteiger partial charge is 0.308 e. The van der Waals surface area contributed by atoms with Crippen molar-refractivity contribution in [1.29, 1.82) is 0 Å². The van der Waals surface area contributed by atoms with Crippen LogP contribution in [0.25, 0.3) is 10.2 Å². The molecule has 1 N–H and O–H groups in total. The van der Waals surface area contributed by atoms with Crippen molar-refractivity contribution in [2.75, 3.05) is 16.2 Å². The van der Waals surface area contributed by atoms with Gasteiger partial charge < -0.3 is 5.32 Å². The molecule has 0 fully saturated rings. The summed E-state index contributed by atoms with van der Waals surface area (Å²) < 4.78 is 30.4. The van der Waals surface area contributed by atoms with Crippen LogP contribution in [0.3, 0.4) is 0 Å². The first-order chi connectivity index (χ1) is 16.6. The lowest BCUT2D eigenvalue weighted by Gasteiger charge is -2.25. The van der Waals surface area contributed by atoms with E-state index in [1.807, 2.05) is 13.8 Å². The van der Waals surface area contributed by atoms with Crippen molar-refractivity contribution in [3.63, 3.8) is 0 Å². The molecule has 0 aliphatic rings. The second-order valence-corrected chi connectivity index (χ2v) is 11.4. The van der Waals surface area contributed by atoms with E-state index in [1.165, 1.54) is 24.3 Å². The van der Waals surface area contributed by atoms with E-state index >= 15 is 0 Å². The Labute approximate surface area is 216 Å². The van der Waals surface area contributed by atoms with Crippen LogP contribution in [-0.2, 0) is 21.4 Å². The van der Waals surface area contributed by atoms with Crippen molar-refractivity contribution >= 4 is 72.1 Å². The number of aromatic nitrogens is 1. The Morgan fingerprint density at radius 3 is 2.49 bits per heavy atom. The first kappa shape index (κ1) is 25.2. The van der Waals surface area contributed by atoms with Crippen LogP contribution >= 0.6 is 34.5 Å². The summed E-state index contributed by atoms with van der Waals surface area (Å²) in [6, 6.07) is 16.0. The minimum atomic E-state index is -4.15. The number of thiazole rings is 1. The number of nitrogens with zero attached hydrogens (tertiary/aromatic N) is 2. The monoisotopic (exact) mass is 549 g/mol. The van der Waals surface area contributed by atoms with E-state index in [1.54, 1.807) is 41.0 Å². The van der Waals surface area contributed by atoms with Gasteiger partial charge in [0.2, 0.25) is 5.91 Å². The van der Waals surface area contributed by atoms with Crippen molar-refractivity contribution < 1.29 is 13.2 Å². The number of amides is 1. The molecule has 0 unspecified atom stereocenters. The van der Waals surface area contributed by atoms with Gasteiger partial charge in [-0.25, -0.2) is 8.42 Å². The van der Waals surface area contributed by atoms with E-state index in [0.717, 1.165) is 31.4 Å². The summed E-state index contributed by atoms with van der Waals surface area (Å²) in [5, 5.41) is 2.90. The van der Waals surface area contributed by atoms with Crippen LogP contribution in [0.15, 0.2) is 70.4 Å². The maximum atomic E-state index is 13.6. The summed E-state index contributed by atoms with van der Waals surface area (Å²) in [5.41, 5.74) is 2.19. The fourth-order valence-electron chi connectivity index (χ4n) is 3.60. The lowest BCUT2D eigenvalue weighted by Crippen LogP contribution is -2.38. The van der Waals surface area contributed by atoms with Gasteiger partial charge in [-0.3, -0.25) is 18.5 Å². The predicted octanol–water partition coefficient (Wildman–Crippen LogP) is 5.53. The Balaban J connectivity index is 1.68. The number of carbonyl (C=O) groups excluding carboxylic acids is 1. The van der Waals surface area contributed by atoms with E-state index in [-0.39, 0.29) is 25.5 Å². The molecule has 0 aliphatic carbocycles. The van der Waals surface area contributed by atoms with Gasteiger partial charge in [0.15, 0.2) is 0 Å². The summed E-state index contributed by atoms with van der Waals surface area (Å²) in [5.74, 6) is -0.585. The van der Waals surface area contributed by atoms with Crippen LogP contribution in [0.5, 0.6) is 0 Å². The molecule has 0 spiro atoms. The zero-order valence-electron chi connectivity index (χ0n) is 18.8. The molecule has 0 bridgehead atoms. The molecule has 3 aromatic carbocycles. The number of benzene rings is 3. The average molecular weight is 550 g/mol. The third-order valence-electron chi connectivity index (χ3n) is 5.36. The topological polar surface area (TPSA) is 88.5 Å². The van der Waals surface area contributed by atoms with E-state index in [2.05, 4.69) is 5.32 Å². The SMILES string of the molecule is CCn1c(=O)sc2cc(NC(=O)CN(c3cccc(Cl)c3Cl)S(=O)(=O)c3ccc(C)cc3)ccc21. The minimum absolute atomic E-state index is 0.0130. The normalized spacial score (nSPS) is 11.5. The first-order valence-electron chi connectivity index (χ1n) is 10.6. The number of halogens is 2. The molecule has 4 aromatic rings. The van der Waals surface area contributed by atoms with Crippen molar-refractivity contribution in [3.8, 4) is 0 Å². The number of carbonyl (C=O) groups is 1. The molecule has 0 atom stereocenters.